The Hall–Kier alpha value is -1.72. The van der Waals surface area contributed by atoms with Gasteiger partial charge in [-0.3, -0.25) is 4.79 Å². The molecule has 0 aromatic heterocycles. The quantitative estimate of drug-likeness (QED) is 0.411. The summed E-state index contributed by atoms with van der Waals surface area (Å²) in [4.78, 5) is 26.7. The number of aliphatic hydroxyl groups is 2. The highest BCUT2D eigenvalue weighted by molar-refractivity contribution is 5.95. The lowest BCUT2D eigenvalue weighted by atomic mass is 9.59. The number of rotatable bonds is 2. The van der Waals surface area contributed by atoms with E-state index in [1.165, 1.54) is 0 Å². The number of ketones is 1. The van der Waals surface area contributed by atoms with Gasteiger partial charge in [0.1, 0.15) is 6.10 Å². The minimum absolute atomic E-state index is 0.0490. The zero-order chi connectivity index (χ0) is 22.4. The molecule has 0 amide bonds. The third kappa shape index (κ3) is 2.36. The number of aliphatic hydroxyl groups excluding tert-OH is 1. The highest BCUT2D eigenvalue weighted by Crippen LogP contribution is 2.71. The molecule has 30 heavy (non-hydrogen) atoms. The van der Waals surface area contributed by atoms with Crippen molar-refractivity contribution in [2.75, 3.05) is 0 Å². The lowest BCUT2D eigenvalue weighted by molar-refractivity contribution is -0.201. The molecule has 8 atom stereocenters. The molecule has 2 N–H and O–H groups in total. The average Bonchev–Trinajstić information content (AvgIpc) is 3.17. The number of hydrogen-bond acceptors (Lipinski definition) is 5. The first-order valence-corrected chi connectivity index (χ1v) is 11.0. The zero-order valence-corrected chi connectivity index (χ0v) is 19.0. The summed E-state index contributed by atoms with van der Waals surface area (Å²) in [6.07, 6.45) is 3.74. The molecule has 0 aromatic carbocycles. The summed E-state index contributed by atoms with van der Waals surface area (Å²) in [6.45, 7) is 13.3. The number of esters is 1. The van der Waals surface area contributed by atoms with E-state index in [2.05, 4.69) is 13.8 Å². The fraction of sp³-hybridized carbons (Fsp3) is 0.680. The second kappa shape index (κ2) is 6.39. The minimum Gasteiger partial charge on any atom is -0.451 e. The molecule has 164 valence electrons. The van der Waals surface area contributed by atoms with Gasteiger partial charge in [-0.05, 0) is 68.4 Å². The molecule has 0 radical (unpaired) electrons. The molecule has 0 aromatic rings. The van der Waals surface area contributed by atoms with E-state index in [1.807, 2.05) is 19.1 Å². The summed E-state index contributed by atoms with van der Waals surface area (Å²) in [6, 6.07) is 0. The molecule has 0 aliphatic heterocycles. The van der Waals surface area contributed by atoms with Crippen LogP contribution in [0.4, 0.5) is 0 Å². The van der Waals surface area contributed by atoms with Gasteiger partial charge in [-0.1, -0.05) is 39.0 Å². The molecule has 5 heteroatoms. The standard InChI is InChI=1S/C25H34O5/c1-8-12(2)22(28)30-21-14(4)11-24-15(5)10-17-18(23(17,6)7)16(20(24)27)9-13(3)19(26)25(21,24)29/h8-9,11,15-19,21,26,29H,10H2,1-7H3/b12-8-/t15?,16?,17-,18+,19?,21?,24+,25+/m1/s1. The van der Waals surface area contributed by atoms with Gasteiger partial charge < -0.3 is 14.9 Å². The molecular weight excluding hydrogens is 380 g/mol. The van der Waals surface area contributed by atoms with Gasteiger partial charge in [-0.2, -0.15) is 0 Å². The number of Topliss-reactive ketones (excluding diaryl/α,β-unsaturated/α-hetero) is 1. The maximum atomic E-state index is 14.1. The van der Waals surface area contributed by atoms with E-state index < -0.39 is 29.2 Å². The molecule has 4 rings (SSSR count). The second-order valence-electron chi connectivity index (χ2n) is 10.6. The van der Waals surface area contributed by atoms with Crippen LogP contribution in [0.25, 0.3) is 0 Å². The van der Waals surface area contributed by atoms with Crippen LogP contribution in [0.5, 0.6) is 0 Å². The molecule has 4 aliphatic rings. The summed E-state index contributed by atoms with van der Waals surface area (Å²) in [7, 11) is 0. The average molecular weight is 415 g/mol. The molecule has 0 heterocycles. The maximum absolute atomic E-state index is 14.1. The highest BCUT2D eigenvalue weighted by Gasteiger charge is 2.76. The molecule has 2 bridgehead atoms. The van der Waals surface area contributed by atoms with Crippen LogP contribution in [0.15, 0.2) is 34.9 Å². The zero-order valence-electron chi connectivity index (χ0n) is 19.0. The third-order valence-electron chi connectivity index (χ3n) is 8.82. The van der Waals surface area contributed by atoms with Crippen LogP contribution in [0.2, 0.25) is 0 Å². The van der Waals surface area contributed by atoms with Crippen molar-refractivity contribution in [1.29, 1.82) is 0 Å². The highest BCUT2D eigenvalue weighted by atomic mass is 16.6. The van der Waals surface area contributed by atoms with Crippen LogP contribution < -0.4 is 0 Å². The van der Waals surface area contributed by atoms with Crippen LogP contribution in [0, 0.1) is 34.5 Å². The summed E-state index contributed by atoms with van der Waals surface area (Å²) >= 11 is 0. The summed E-state index contributed by atoms with van der Waals surface area (Å²) in [5.41, 5.74) is -1.53. The van der Waals surface area contributed by atoms with Gasteiger partial charge in [0, 0.05) is 11.5 Å². The number of fused-ring (bicyclic) bond motifs is 3. The van der Waals surface area contributed by atoms with Gasteiger partial charge in [0.05, 0.1) is 5.41 Å². The van der Waals surface area contributed by atoms with Crippen molar-refractivity contribution in [3.05, 3.63) is 34.9 Å². The van der Waals surface area contributed by atoms with E-state index >= 15 is 0 Å². The maximum Gasteiger partial charge on any atom is 0.334 e. The van der Waals surface area contributed by atoms with Gasteiger partial charge in [0.2, 0.25) is 0 Å². The number of carbonyl (C=O) groups is 2. The predicted octanol–water partition coefficient (Wildman–Crippen LogP) is 3.36. The van der Waals surface area contributed by atoms with Crippen LogP contribution in [-0.2, 0) is 14.3 Å². The Labute approximate surface area is 178 Å². The van der Waals surface area contributed by atoms with Gasteiger partial charge in [0.25, 0.3) is 0 Å². The predicted molar refractivity (Wildman–Crippen MR) is 113 cm³/mol. The van der Waals surface area contributed by atoms with Crippen LogP contribution in [0.3, 0.4) is 0 Å². The van der Waals surface area contributed by atoms with Crippen LogP contribution in [0.1, 0.15) is 54.9 Å². The van der Waals surface area contributed by atoms with Gasteiger partial charge in [0.15, 0.2) is 17.5 Å². The minimum atomic E-state index is -1.92. The van der Waals surface area contributed by atoms with E-state index in [4.69, 9.17) is 4.74 Å². The third-order valence-corrected chi connectivity index (χ3v) is 8.82. The van der Waals surface area contributed by atoms with Crippen molar-refractivity contribution in [2.24, 2.45) is 34.5 Å². The van der Waals surface area contributed by atoms with Crippen LogP contribution in [-0.4, -0.2) is 39.8 Å². The van der Waals surface area contributed by atoms with Crippen LogP contribution >= 0.6 is 0 Å². The van der Waals surface area contributed by atoms with Crippen molar-refractivity contribution in [2.45, 2.75) is 72.7 Å². The SMILES string of the molecule is C/C=C(/C)C(=O)OC1C(C)=C[C@]23C(=O)C(C=C(C)C(O)[C@]12O)[C@H]1[C@@H](CC3C)C1(C)C. The van der Waals surface area contributed by atoms with Crippen molar-refractivity contribution in [3.8, 4) is 0 Å². The Morgan fingerprint density at radius 3 is 2.50 bits per heavy atom. The normalized spacial score (nSPS) is 46.7. The Morgan fingerprint density at radius 2 is 1.90 bits per heavy atom. The first-order valence-electron chi connectivity index (χ1n) is 11.0. The largest absolute Gasteiger partial charge is 0.451 e. The molecule has 4 aliphatic carbocycles. The Bertz CT molecular complexity index is 908. The number of ether oxygens (including phenoxy) is 1. The van der Waals surface area contributed by atoms with Crippen molar-refractivity contribution < 1.29 is 24.5 Å². The topological polar surface area (TPSA) is 83.8 Å². The lowest BCUT2D eigenvalue weighted by Crippen LogP contribution is -2.65. The van der Waals surface area contributed by atoms with Gasteiger partial charge in [-0.15, -0.1) is 0 Å². The van der Waals surface area contributed by atoms with E-state index in [0.29, 0.717) is 22.6 Å². The summed E-state index contributed by atoms with van der Waals surface area (Å²) in [5, 5.41) is 23.6. The molecule has 2 saturated carbocycles. The number of allylic oxidation sites excluding steroid dienone is 2. The summed E-state index contributed by atoms with van der Waals surface area (Å²) in [5.74, 6) is -0.541. The molecule has 0 saturated heterocycles. The van der Waals surface area contributed by atoms with E-state index in [1.54, 1.807) is 33.8 Å². The first-order chi connectivity index (χ1) is 13.9. The van der Waals surface area contributed by atoms with Crippen molar-refractivity contribution in [3.63, 3.8) is 0 Å². The van der Waals surface area contributed by atoms with E-state index in [-0.39, 0.29) is 29.0 Å². The number of carbonyl (C=O) groups excluding carboxylic acids is 2. The molecule has 2 fully saturated rings. The Kier molecular flexibility index (Phi) is 4.58. The fourth-order valence-corrected chi connectivity index (χ4v) is 6.89. The monoisotopic (exact) mass is 414 g/mol. The molecule has 5 nitrogen and oxygen atoms in total. The number of hydrogen-bond donors (Lipinski definition) is 2. The first kappa shape index (κ1) is 21.5. The fourth-order valence-electron chi connectivity index (χ4n) is 6.89. The molecule has 4 unspecified atom stereocenters. The summed E-state index contributed by atoms with van der Waals surface area (Å²) < 4.78 is 5.76. The smallest absolute Gasteiger partial charge is 0.334 e. The van der Waals surface area contributed by atoms with Crippen molar-refractivity contribution >= 4 is 11.8 Å². The van der Waals surface area contributed by atoms with E-state index in [0.717, 1.165) is 6.42 Å². The molecular formula is C25H34O5. The molecule has 1 spiro atoms. The lowest BCUT2D eigenvalue weighted by Gasteiger charge is -2.48. The Morgan fingerprint density at radius 1 is 1.27 bits per heavy atom. The van der Waals surface area contributed by atoms with Gasteiger partial charge in [-0.25, -0.2) is 4.79 Å². The van der Waals surface area contributed by atoms with E-state index in [9.17, 15) is 19.8 Å². The van der Waals surface area contributed by atoms with Crippen molar-refractivity contribution in [1.82, 2.24) is 0 Å². The second-order valence-corrected chi connectivity index (χ2v) is 10.6. The Balaban J connectivity index is 1.89. The van der Waals surface area contributed by atoms with Gasteiger partial charge >= 0.3 is 5.97 Å².